The second-order valence-electron chi connectivity index (χ2n) is 5.36. The molecule has 96 valence electrons. The van der Waals surface area contributed by atoms with Crippen molar-refractivity contribution in [1.29, 1.82) is 0 Å². The Hall–Kier alpha value is -0.540. The largest absolute Gasteiger partial charge is 0.313 e. The smallest absolute Gasteiger partial charge is 0.0994 e. The van der Waals surface area contributed by atoms with Crippen LogP contribution in [-0.4, -0.2) is 16.3 Å². The van der Waals surface area contributed by atoms with Crippen LogP contribution in [0, 0.1) is 6.92 Å². The fourth-order valence-corrected chi connectivity index (χ4v) is 2.43. The molecule has 1 N–H and O–H groups in total. The first kappa shape index (κ1) is 14.5. The second-order valence-corrected chi connectivity index (χ2v) is 7.17. The number of hydrogen-bond acceptors (Lipinski definition) is 3. The molecular formula is C14H24N2S. The molecule has 0 aromatic carbocycles. The minimum absolute atomic E-state index is 0.222. The Labute approximate surface area is 110 Å². The molecule has 0 unspecified atom stereocenters. The van der Waals surface area contributed by atoms with E-state index in [9.17, 15) is 0 Å². The summed E-state index contributed by atoms with van der Waals surface area (Å²) in [6.07, 6.45) is 3.16. The van der Waals surface area contributed by atoms with Gasteiger partial charge in [0.05, 0.1) is 5.03 Å². The number of rotatable bonds is 5. The summed E-state index contributed by atoms with van der Waals surface area (Å²) in [4.78, 5) is 4.57. The molecule has 0 fully saturated rings. The van der Waals surface area contributed by atoms with Gasteiger partial charge in [-0.1, -0.05) is 33.8 Å². The third-order valence-electron chi connectivity index (χ3n) is 2.25. The molecule has 0 saturated carbocycles. The van der Waals surface area contributed by atoms with Gasteiger partial charge in [-0.15, -0.1) is 11.8 Å². The second kappa shape index (κ2) is 6.41. The van der Waals surface area contributed by atoms with Gasteiger partial charge < -0.3 is 5.32 Å². The predicted octanol–water partition coefficient (Wildman–Crippen LogP) is 3.78. The average molecular weight is 252 g/mol. The van der Waals surface area contributed by atoms with E-state index in [1.54, 1.807) is 0 Å². The summed E-state index contributed by atoms with van der Waals surface area (Å²) in [7, 11) is 0. The highest BCUT2D eigenvalue weighted by atomic mass is 32.2. The lowest BCUT2D eigenvalue weighted by molar-refractivity contribution is 0.672. The van der Waals surface area contributed by atoms with E-state index >= 15 is 0 Å². The maximum absolute atomic E-state index is 4.57. The molecule has 0 spiro atoms. The van der Waals surface area contributed by atoms with Gasteiger partial charge in [0.2, 0.25) is 0 Å². The molecular weight excluding hydrogens is 228 g/mol. The maximum Gasteiger partial charge on any atom is 0.0994 e. The van der Waals surface area contributed by atoms with E-state index < -0.39 is 0 Å². The molecule has 0 saturated heterocycles. The van der Waals surface area contributed by atoms with Gasteiger partial charge in [0.1, 0.15) is 0 Å². The van der Waals surface area contributed by atoms with Gasteiger partial charge in [0.15, 0.2) is 0 Å². The van der Waals surface area contributed by atoms with E-state index in [1.165, 1.54) is 17.5 Å². The Morgan fingerprint density at radius 3 is 2.59 bits per heavy atom. The van der Waals surface area contributed by atoms with Crippen LogP contribution in [0.1, 0.15) is 45.2 Å². The van der Waals surface area contributed by atoms with Gasteiger partial charge >= 0.3 is 0 Å². The summed E-state index contributed by atoms with van der Waals surface area (Å²) in [5, 5.41) is 4.55. The van der Waals surface area contributed by atoms with E-state index in [0.29, 0.717) is 0 Å². The standard InChI is InChI=1S/C14H24N2S/c1-6-7-15-9-12-8-11(2)13(16-10-12)17-14(3,4)5/h8,10,15H,6-7,9H2,1-5H3. The Morgan fingerprint density at radius 2 is 2.06 bits per heavy atom. The summed E-state index contributed by atoms with van der Waals surface area (Å²) in [6, 6.07) is 2.24. The first-order chi connectivity index (χ1) is 7.92. The van der Waals surface area contributed by atoms with Crippen LogP contribution in [-0.2, 0) is 6.54 Å². The highest BCUT2D eigenvalue weighted by molar-refractivity contribution is 8.00. The highest BCUT2D eigenvalue weighted by Crippen LogP contribution is 2.32. The lowest BCUT2D eigenvalue weighted by Gasteiger charge is -2.18. The quantitative estimate of drug-likeness (QED) is 0.637. The minimum Gasteiger partial charge on any atom is -0.313 e. The van der Waals surface area contributed by atoms with Crippen molar-refractivity contribution in [2.24, 2.45) is 0 Å². The molecule has 1 heterocycles. The fraction of sp³-hybridized carbons (Fsp3) is 0.643. The van der Waals surface area contributed by atoms with Crippen molar-refractivity contribution in [2.75, 3.05) is 6.54 Å². The van der Waals surface area contributed by atoms with Crippen LogP contribution in [0.15, 0.2) is 17.3 Å². The Balaban J connectivity index is 2.66. The Bertz CT molecular complexity index is 356. The van der Waals surface area contributed by atoms with Crippen molar-refractivity contribution in [1.82, 2.24) is 10.3 Å². The topological polar surface area (TPSA) is 24.9 Å². The van der Waals surface area contributed by atoms with Crippen molar-refractivity contribution in [3.8, 4) is 0 Å². The highest BCUT2D eigenvalue weighted by Gasteiger charge is 2.14. The van der Waals surface area contributed by atoms with Crippen LogP contribution in [0.2, 0.25) is 0 Å². The van der Waals surface area contributed by atoms with Crippen molar-refractivity contribution in [3.63, 3.8) is 0 Å². The number of pyridine rings is 1. The third-order valence-corrected chi connectivity index (χ3v) is 3.48. The first-order valence-electron chi connectivity index (χ1n) is 6.27. The molecule has 0 atom stereocenters. The average Bonchev–Trinajstić information content (AvgIpc) is 2.21. The van der Waals surface area contributed by atoms with E-state index in [1.807, 2.05) is 18.0 Å². The molecule has 0 bridgehead atoms. The van der Waals surface area contributed by atoms with Crippen LogP contribution in [0.3, 0.4) is 0 Å². The van der Waals surface area contributed by atoms with E-state index in [2.05, 4.69) is 51.0 Å². The van der Waals surface area contributed by atoms with Crippen LogP contribution in [0.4, 0.5) is 0 Å². The van der Waals surface area contributed by atoms with Crippen molar-refractivity contribution in [3.05, 3.63) is 23.4 Å². The van der Waals surface area contributed by atoms with Crippen molar-refractivity contribution >= 4 is 11.8 Å². The van der Waals surface area contributed by atoms with Crippen LogP contribution < -0.4 is 5.32 Å². The van der Waals surface area contributed by atoms with Crippen molar-refractivity contribution in [2.45, 2.75) is 57.4 Å². The van der Waals surface area contributed by atoms with Crippen LogP contribution in [0.25, 0.3) is 0 Å². The maximum atomic E-state index is 4.57. The molecule has 1 aromatic heterocycles. The SMILES string of the molecule is CCCNCc1cnc(SC(C)(C)C)c(C)c1. The molecule has 0 aliphatic heterocycles. The molecule has 1 rings (SSSR count). The monoisotopic (exact) mass is 252 g/mol. The lowest BCUT2D eigenvalue weighted by atomic mass is 10.2. The van der Waals surface area contributed by atoms with E-state index in [-0.39, 0.29) is 4.75 Å². The minimum atomic E-state index is 0.222. The molecule has 0 radical (unpaired) electrons. The lowest BCUT2D eigenvalue weighted by Crippen LogP contribution is -2.14. The van der Waals surface area contributed by atoms with Crippen LogP contribution >= 0.6 is 11.8 Å². The van der Waals surface area contributed by atoms with Gasteiger partial charge in [-0.05, 0) is 31.0 Å². The normalized spacial score (nSPS) is 11.8. The molecule has 0 amide bonds. The number of hydrogen-bond donors (Lipinski definition) is 1. The Morgan fingerprint density at radius 1 is 1.35 bits per heavy atom. The molecule has 2 nitrogen and oxygen atoms in total. The molecule has 3 heteroatoms. The van der Waals surface area contributed by atoms with Gasteiger partial charge in [-0.2, -0.15) is 0 Å². The summed E-state index contributed by atoms with van der Waals surface area (Å²) >= 11 is 1.83. The molecule has 17 heavy (non-hydrogen) atoms. The Kier molecular flexibility index (Phi) is 5.47. The molecule has 0 aliphatic carbocycles. The van der Waals surface area contributed by atoms with Crippen molar-refractivity contribution < 1.29 is 0 Å². The molecule has 0 aliphatic rings. The van der Waals surface area contributed by atoms with Gasteiger partial charge in [-0.25, -0.2) is 4.98 Å². The zero-order chi connectivity index (χ0) is 12.9. The number of nitrogens with one attached hydrogen (secondary N) is 1. The first-order valence-corrected chi connectivity index (χ1v) is 7.09. The fourth-order valence-electron chi connectivity index (χ4n) is 1.52. The number of aryl methyl sites for hydroxylation is 1. The summed E-state index contributed by atoms with van der Waals surface area (Å²) < 4.78 is 0.222. The van der Waals surface area contributed by atoms with Crippen LogP contribution in [0.5, 0.6) is 0 Å². The van der Waals surface area contributed by atoms with Gasteiger partial charge in [0, 0.05) is 17.5 Å². The zero-order valence-corrected chi connectivity index (χ0v) is 12.4. The zero-order valence-electron chi connectivity index (χ0n) is 11.6. The third kappa shape index (κ3) is 5.55. The van der Waals surface area contributed by atoms with Gasteiger partial charge in [0.25, 0.3) is 0 Å². The summed E-state index contributed by atoms with van der Waals surface area (Å²) in [6.45, 7) is 13.0. The predicted molar refractivity (Wildman–Crippen MR) is 76.6 cm³/mol. The number of aromatic nitrogens is 1. The number of thioether (sulfide) groups is 1. The summed E-state index contributed by atoms with van der Waals surface area (Å²) in [5.41, 5.74) is 2.55. The molecule has 1 aromatic rings. The summed E-state index contributed by atoms with van der Waals surface area (Å²) in [5.74, 6) is 0. The van der Waals surface area contributed by atoms with Gasteiger partial charge in [-0.3, -0.25) is 0 Å². The number of nitrogens with zero attached hydrogens (tertiary/aromatic N) is 1. The van der Waals surface area contributed by atoms with E-state index in [4.69, 9.17) is 0 Å². The van der Waals surface area contributed by atoms with E-state index in [0.717, 1.165) is 18.1 Å².